The Morgan fingerprint density at radius 2 is 1.83 bits per heavy atom. The Morgan fingerprint density at radius 1 is 1.11 bits per heavy atom. The third-order valence-corrected chi connectivity index (χ3v) is 2.64. The van der Waals surface area contributed by atoms with Gasteiger partial charge < -0.3 is 22.7 Å². The first-order valence-corrected chi connectivity index (χ1v) is 5.58. The van der Waals surface area contributed by atoms with Crippen molar-refractivity contribution < 1.29 is 26.3 Å². The molecule has 1 amide bonds. The van der Waals surface area contributed by atoms with Gasteiger partial charge in [-0.1, -0.05) is 30.3 Å². The molecular formula is C14H15BrN2O. The second kappa shape index (κ2) is 6.91. The molecule has 0 saturated carbocycles. The van der Waals surface area contributed by atoms with E-state index in [0.717, 1.165) is 13.0 Å². The van der Waals surface area contributed by atoms with E-state index in [-0.39, 0.29) is 22.9 Å². The third-order valence-electron chi connectivity index (χ3n) is 2.64. The van der Waals surface area contributed by atoms with E-state index in [4.69, 9.17) is 5.73 Å². The van der Waals surface area contributed by atoms with E-state index < -0.39 is 0 Å². The molecule has 0 unspecified atom stereocenters. The lowest BCUT2D eigenvalue weighted by Crippen LogP contribution is -3.00. The zero-order chi connectivity index (χ0) is 12.1. The highest BCUT2D eigenvalue weighted by atomic mass is 79.9. The quantitative estimate of drug-likeness (QED) is 0.674. The maximum atomic E-state index is 11.0. The monoisotopic (exact) mass is 306 g/mol. The van der Waals surface area contributed by atoms with Crippen molar-refractivity contribution in [3.05, 3.63) is 66.0 Å². The summed E-state index contributed by atoms with van der Waals surface area (Å²) in [5.41, 5.74) is 7.06. The molecule has 2 N–H and O–H groups in total. The van der Waals surface area contributed by atoms with Crippen molar-refractivity contribution in [1.82, 2.24) is 0 Å². The summed E-state index contributed by atoms with van der Waals surface area (Å²) < 4.78 is 1.98. The number of hydrogen-bond acceptors (Lipinski definition) is 1. The number of amides is 1. The van der Waals surface area contributed by atoms with Crippen molar-refractivity contribution in [2.45, 2.75) is 13.0 Å². The maximum Gasteiger partial charge on any atom is 0.254 e. The molecule has 0 aliphatic heterocycles. The zero-order valence-corrected chi connectivity index (χ0v) is 11.5. The number of pyridine rings is 1. The van der Waals surface area contributed by atoms with Crippen LogP contribution >= 0.6 is 0 Å². The molecule has 0 fully saturated rings. The van der Waals surface area contributed by atoms with Crippen LogP contribution in [0.15, 0.2) is 54.9 Å². The molecule has 0 atom stereocenters. The summed E-state index contributed by atoms with van der Waals surface area (Å²) in [6.45, 7) is 0.838. The van der Waals surface area contributed by atoms with E-state index in [0.29, 0.717) is 5.56 Å². The number of nitrogens with zero attached hydrogens (tertiary/aromatic N) is 1. The lowest BCUT2D eigenvalue weighted by Gasteiger charge is -1.99. The topological polar surface area (TPSA) is 47.0 Å². The fraction of sp³-hybridized carbons (Fsp3) is 0.143. The van der Waals surface area contributed by atoms with Gasteiger partial charge in [0.15, 0.2) is 18.9 Å². The maximum absolute atomic E-state index is 11.0. The van der Waals surface area contributed by atoms with Gasteiger partial charge in [0.2, 0.25) is 0 Å². The number of carbonyl (C=O) groups excluding carboxylic acids is 1. The molecule has 0 bridgehead atoms. The summed E-state index contributed by atoms with van der Waals surface area (Å²) in [4.78, 5) is 11.0. The van der Waals surface area contributed by atoms with E-state index in [2.05, 4.69) is 12.1 Å². The Balaban J connectivity index is 0.00000162. The van der Waals surface area contributed by atoms with Crippen LogP contribution in [-0.2, 0) is 13.0 Å². The molecule has 94 valence electrons. The fourth-order valence-corrected chi connectivity index (χ4v) is 1.71. The number of aromatic nitrogens is 1. The van der Waals surface area contributed by atoms with Crippen molar-refractivity contribution in [3.63, 3.8) is 0 Å². The number of nitrogens with two attached hydrogens (primary N) is 1. The first-order valence-electron chi connectivity index (χ1n) is 5.58. The second-order valence-electron chi connectivity index (χ2n) is 3.93. The predicted molar refractivity (Wildman–Crippen MR) is 65.3 cm³/mol. The molecule has 4 heteroatoms. The van der Waals surface area contributed by atoms with Crippen LogP contribution in [0, 0.1) is 0 Å². The van der Waals surface area contributed by atoms with Crippen molar-refractivity contribution in [1.29, 1.82) is 0 Å². The Kier molecular flexibility index (Phi) is 5.52. The van der Waals surface area contributed by atoms with Gasteiger partial charge in [-0.15, -0.1) is 0 Å². The number of carbonyl (C=O) groups is 1. The smallest absolute Gasteiger partial charge is 0.254 e. The van der Waals surface area contributed by atoms with Gasteiger partial charge in [0, 0.05) is 12.5 Å². The van der Waals surface area contributed by atoms with Gasteiger partial charge in [-0.05, 0) is 11.6 Å². The van der Waals surface area contributed by atoms with E-state index in [1.54, 1.807) is 12.3 Å². The number of halogens is 1. The second-order valence-corrected chi connectivity index (χ2v) is 3.93. The Labute approximate surface area is 117 Å². The van der Waals surface area contributed by atoms with E-state index in [1.807, 2.05) is 35.0 Å². The molecule has 18 heavy (non-hydrogen) atoms. The molecule has 1 heterocycles. The largest absolute Gasteiger partial charge is 1.00 e. The minimum Gasteiger partial charge on any atom is -1.00 e. The fourth-order valence-electron chi connectivity index (χ4n) is 1.71. The van der Waals surface area contributed by atoms with Gasteiger partial charge in [0.05, 0.1) is 0 Å². The van der Waals surface area contributed by atoms with Crippen LogP contribution in [-0.4, -0.2) is 5.91 Å². The molecule has 0 aliphatic rings. The molecule has 0 aliphatic carbocycles. The first kappa shape index (κ1) is 14.4. The summed E-state index contributed by atoms with van der Waals surface area (Å²) in [6, 6.07) is 13.8. The Hall–Kier alpha value is -1.68. The van der Waals surface area contributed by atoms with Crippen LogP contribution in [0.1, 0.15) is 15.9 Å². The van der Waals surface area contributed by atoms with Crippen LogP contribution in [0.3, 0.4) is 0 Å². The number of aryl methyl sites for hydroxylation is 2. The molecule has 2 aromatic rings. The summed E-state index contributed by atoms with van der Waals surface area (Å²) in [6.07, 6.45) is 4.66. The Morgan fingerprint density at radius 3 is 2.50 bits per heavy atom. The number of primary amides is 1. The minimum atomic E-state index is -0.390. The molecule has 1 aromatic carbocycles. The highest BCUT2D eigenvalue weighted by Gasteiger charge is 2.06. The number of benzene rings is 1. The summed E-state index contributed by atoms with van der Waals surface area (Å²) in [5, 5.41) is 0. The van der Waals surface area contributed by atoms with Crippen LogP contribution in [0.2, 0.25) is 0 Å². The lowest BCUT2D eigenvalue weighted by atomic mass is 10.1. The predicted octanol–water partition coefficient (Wildman–Crippen LogP) is -1.68. The van der Waals surface area contributed by atoms with Crippen LogP contribution < -0.4 is 27.3 Å². The van der Waals surface area contributed by atoms with Gasteiger partial charge in [-0.2, -0.15) is 0 Å². The van der Waals surface area contributed by atoms with Crippen LogP contribution in [0.25, 0.3) is 0 Å². The van der Waals surface area contributed by atoms with Crippen LogP contribution in [0.5, 0.6) is 0 Å². The SMILES string of the molecule is NC(=O)c1ccc[n+](CCc2ccccc2)c1.[Br-]. The molecule has 2 rings (SSSR count). The molecule has 0 spiro atoms. The zero-order valence-electron chi connectivity index (χ0n) is 9.92. The third kappa shape index (κ3) is 3.96. The average molecular weight is 307 g/mol. The molecule has 0 saturated heterocycles. The number of rotatable bonds is 4. The first-order chi connectivity index (χ1) is 8.25. The summed E-state index contributed by atoms with van der Waals surface area (Å²) in [5.74, 6) is -0.390. The minimum absolute atomic E-state index is 0. The standard InChI is InChI=1S/C14H14N2O.BrH/c15-14(17)13-7-4-9-16(11-13)10-8-12-5-2-1-3-6-12;/h1-7,9,11H,8,10H2,(H-,15,17);1H. The van der Waals surface area contributed by atoms with Crippen molar-refractivity contribution in [2.24, 2.45) is 5.73 Å². The number of hydrogen-bond donors (Lipinski definition) is 1. The molecule has 1 aromatic heterocycles. The van der Waals surface area contributed by atoms with E-state index >= 15 is 0 Å². The molecular weight excluding hydrogens is 292 g/mol. The van der Waals surface area contributed by atoms with Crippen molar-refractivity contribution in [3.8, 4) is 0 Å². The normalized spacial score (nSPS) is 9.56. The Bertz CT molecular complexity index is 514. The molecule has 0 radical (unpaired) electrons. The highest BCUT2D eigenvalue weighted by Crippen LogP contribution is 1.99. The average Bonchev–Trinajstić information content (AvgIpc) is 2.38. The molecule has 3 nitrogen and oxygen atoms in total. The summed E-state index contributed by atoms with van der Waals surface area (Å²) >= 11 is 0. The van der Waals surface area contributed by atoms with Crippen molar-refractivity contribution in [2.75, 3.05) is 0 Å². The van der Waals surface area contributed by atoms with Gasteiger partial charge in [0.25, 0.3) is 5.91 Å². The van der Waals surface area contributed by atoms with Gasteiger partial charge in [-0.25, -0.2) is 4.57 Å². The van der Waals surface area contributed by atoms with E-state index in [1.165, 1.54) is 5.56 Å². The highest BCUT2D eigenvalue weighted by molar-refractivity contribution is 5.92. The van der Waals surface area contributed by atoms with Gasteiger partial charge >= 0.3 is 0 Å². The van der Waals surface area contributed by atoms with E-state index in [9.17, 15) is 4.79 Å². The van der Waals surface area contributed by atoms with Gasteiger partial charge in [0.1, 0.15) is 5.56 Å². The van der Waals surface area contributed by atoms with Gasteiger partial charge in [-0.3, -0.25) is 4.79 Å². The lowest BCUT2D eigenvalue weighted by molar-refractivity contribution is -0.696. The summed E-state index contributed by atoms with van der Waals surface area (Å²) in [7, 11) is 0. The van der Waals surface area contributed by atoms with Crippen molar-refractivity contribution >= 4 is 5.91 Å². The van der Waals surface area contributed by atoms with Crippen LogP contribution in [0.4, 0.5) is 0 Å².